The highest BCUT2D eigenvalue weighted by Gasteiger charge is 2.17. The van der Waals surface area contributed by atoms with Crippen molar-refractivity contribution in [2.75, 3.05) is 38.7 Å². The van der Waals surface area contributed by atoms with Crippen molar-refractivity contribution in [1.29, 1.82) is 0 Å². The van der Waals surface area contributed by atoms with Crippen molar-refractivity contribution in [2.45, 2.75) is 12.8 Å². The zero-order chi connectivity index (χ0) is 24.9. The molecular formula is C26H26N6O4. The Bertz CT molecular complexity index is 1430. The SMILES string of the molecule is COc1cncc(-c2cc3cc[nH]c(=O)c3c(Nc3ccc(CCC(=O)N4CCOCC4)cc3)n2)n1. The predicted octanol–water partition coefficient (Wildman–Crippen LogP) is 2.92. The number of H-pyrrole nitrogens is 1. The van der Waals surface area contributed by atoms with Crippen molar-refractivity contribution >= 4 is 28.2 Å². The van der Waals surface area contributed by atoms with Crippen molar-refractivity contribution in [1.82, 2.24) is 24.8 Å². The lowest BCUT2D eigenvalue weighted by atomic mass is 10.1. The minimum atomic E-state index is -0.246. The average Bonchev–Trinajstić information content (AvgIpc) is 2.93. The maximum Gasteiger partial charge on any atom is 0.259 e. The molecule has 10 heteroatoms. The number of aromatic amines is 1. The van der Waals surface area contributed by atoms with E-state index in [1.165, 1.54) is 13.3 Å². The fourth-order valence-corrected chi connectivity index (χ4v) is 4.12. The first-order chi connectivity index (χ1) is 17.6. The van der Waals surface area contributed by atoms with Crippen LogP contribution in [0.3, 0.4) is 0 Å². The number of nitrogens with zero attached hydrogens (tertiary/aromatic N) is 4. The highest BCUT2D eigenvalue weighted by atomic mass is 16.5. The standard InChI is InChI=1S/C26H26N6O4/c1-35-22-16-27-15-21(30-22)20-14-18-8-9-28-26(34)24(18)25(31-20)29-19-5-2-17(3-6-19)4-7-23(33)32-10-12-36-13-11-32/h2-3,5-6,8-9,14-16H,4,7,10-13H2,1H3,(H,28,34)(H,29,31). The van der Waals surface area contributed by atoms with Gasteiger partial charge in [-0.05, 0) is 41.6 Å². The van der Waals surface area contributed by atoms with Crippen molar-refractivity contribution in [3.8, 4) is 17.3 Å². The third-order valence-electron chi connectivity index (χ3n) is 6.05. The number of benzene rings is 1. The number of rotatable bonds is 7. The van der Waals surface area contributed by atoms with Gasteiger partial charge in [0.05, 0.1) is 43.8 Å². The molecule has 0 bridgehead atoms. The Morgan fingerprint density at radius 3 is 2.69 bits per heavy atom. The first-order valence-corrected chi connectivity index (χ1v) is 11.7. The van der Waals surface area contributed by atoms with E-state index in [4.69, 9.17) is 9.47 Å². The van der Waals surface area contributed by atoms with E-state index in [9.17, 15) is 9.59 Å². The van der Waals surface area contributed by atoms with Crippen molar-refractivity contribution in [3.63, 3.8) is 0 Å². The Kier molecular flexibility index (Phi) is 6.85. The van der Waals surface area contributed by atoms with Gasteiger partial charge in [-0.1, -0.05) is 12.1 Å². The summed E-state index contributed by atoms with van der Waals surface area (Å²) >= 11 is 0. The number of amides is 1. The molecule has 0 unspecified atom stereocenters. The molecule has 0 aliphatic carbocycles. The fourth-order valence-electron chi connectivity index (χ4n) is 4.12. The van der Waals surface area contributed by atoms with E-state index in [0.29, 0.717) is 73.0 Å². The summed E-state index contributed by atoms with van der Waals surface area (Å²) in [5.74, 6) is 0.926. The van der Waals surface area contributed by atoms with Crippen LogP contribution in [0.15, 0.2) is 59.8 Å². The van der Waals surface area contributed by atoms with Crippen molar-refractivity contribution in [2.24, 2.45) is 0 Å². The van der Waals surface area contributed by atoms with Crippen LogP contribution in [0.1, 0.15) is 12.0 Å². The van der Waals surface area contributed by atoms with Crippen LogP contribution in [0.2, 0.25) is 0 Å². The predicted molar refractivity (Wildman–Crippen MR) is 135 cm³/mol. The molecule has 0 radical (unpaired) electrons. The summed E-state index contributed by atoms with van der Waals surface area (Å²) in [5.41, 5.74) is 2.66. The molecule has 10 nitrogen and oxygen atoms in total. The number of carbonyl (C=O) groups is 1. The quantitative estimate of drug-likeness (QED) is 0.409. The Hall–Kier alpha value is -4.31. The molecule has 1 amide bonds. The maximum atomic E-state index is 12.6. The fraction of sp³-hybridized carbons (Fsp3) is 0.269. The summed E-state index contributed by atoms with van der Waals surface area (Å²) in [7, 11) is 1.52. The first-order valence-electron chi connectivity index (χ1n) is 11.7. The van der Waals surface area contributed by atoms with E-state index in [-0.39, 0.29) is 11.5 Å². The highest BCUT2D eigenvalue weighted by molar-refractivity contribution is 5.94. The summed E-state index contributed by atoms with van der Waals surface area (Å²) in [6.07, 6.45) is 5.83. The van der Waals surface area contributed by atoms with E-state index in [1.807, 2.05) is 35.2 Å². The average molecular weight is 487 g/mol. The Labute approximate surface area is 207 Å². The van der Waals surface area contributed by atoms with Gasteiger partial charge in [-0.2, -0.15) is 0 Å². The summed E-state index contributed by atoms with van der Waals surface area (Å²) in [6, 6.07) is 11.4. The number of fused-ring (bicyclic) bond motifs is 1. The number of morpholine rings is 1. The van der Waals surface area contributed by atoms with Gasteiger partial charge in [0.1, 0.15) is 11.5 Å². The Morgan fingerprint density at radius 1 is 1.11 bits per heavy atom. The molecule has 4 heterocycles. The Balaban J connectivity index is 1.37. The zero-order valence-corrected chi connectivity index (χ0v) is 19.9. The topological polar surface area (TPSA) is 122 Å². The van der Waals surface area contributed by atoms with Gasteiger partial charge in [0.15, 0.2) is 0 Å². The second kappa shape index (κ2) is 10.5. The molecule has 184 valence electrons. The molecule has 1 aromatic carbocycles. The number of carbonyl (C=O) groups excluding carboxylic acids is 1. The third kappa shape index (κ3) is 5.18. The second-order valence-corrected chi connectivity index (χ2v) is 8.39. The molecule has 1 aliphatic rings. The summed E-state index contributed by atoms with van der Waals surface area (Å²) in [5, 5.41) is 4.43. The lowest BCUT2D eigenvalue weighted by molar-refractivity contribution is -0.135. The largest absolute Gasteiger partial charge is 0.480 e. The van der Waals surface area contributed by atoms with Crippen molar-refractivity contribution < 1.29 is 14.3 Å². The summed E-state index contributed by atoms with van der Waals surface area (Å²) in [4.78, 5) is 42.9. The number of anilines is 2. The molecule has 36 heavy (non-hydrogen) atoms. The minimum absolute atomic E-state index is 0.146. The molecule has 0 atom stereocenters. The van der Waals surface area contributed by atoms with Crippen LogP contribution in [0, 0.1) is 0 Å². The lowest BCUT2D eigenvalue weighted by Gasteiger charge is -2.26. The van der Waals surface area contributed by atoms with Gasteiger partial charge in [0.25, 0.3) is 5.56 Å². The molecule has 2 N–H and O–H groups in total. The van der Waals surface area contributed by atoms with Gasteiger partial charge in [-0.15, -0.1) is 0 Å². The molecule has 0 saturated carbocycles. The summed E-state index contributed by atoms with van der Waals surface area (Å²) in [6.45, 7) is 2.51. The number of aryl methyl sites for hydroxylation is 1. The van der Waals surface area contributed by atoms with E-state index in [2.05, 4.69) is 25.3 Å². The molecular weight excluding hydrogens is 460 g/mol. The van der Waals surface area contributed by atoms with Crippen molar-refractivity contribution in [3.05, 3.63) is 70.9 Å². The van der Waals surface area contributed by atoms with Gasteiger partial charge < -0.3 is 24.7 Å². The highest BCUT2D eigenvalue weighted by Crippen LogP contribution is 2.27. The minimum Gasteiger partial charge on any atom is -0.480 e. The number of nitrogens with one attached hydrogen (secondary N) is 2. The van der Waals surface area contributed by atoms with E-state index in [0.717, 1.165) is 11.3 Å². The lowest BCUT2D eigenvalue weighted by Crippen LogP contribution is -2.40. The van der Waals surface area contributed by atoms with Gasteiger partial charge >= 0.3 is 0 Å². The normalized spacial score (nSPS) is 13.5. The van der Waals surface area contributed by atoms with Gasteiger partial charge in [-0.25, -0.2) is 9.97 Å². The van der Waals surface area contributed by atoms with E-state index < -0.39 is 0 Å². The van der Waals surface area contributed by atoms with Crippen LogP contribution < -0.4 is 15.6 Å². The monoisotopic (exact) mass is 486 g/mol. The number of hydrogen-bond acceptors (Lipinski definition) is 8. The van der Waals surface area contributed by atoms with Crippen LogP contribution >= 0.6 is 0 Å². The number of methoxy groups -OCH3 is 1. The van der Waals surface area contributed by atoms with Crippen LogP contribution in [-0.2, 0) is 16.0 Å². The smallest absolute Gasteiger partial charge is 0.259 e. The zero-order valence-electron chi connectivity index (χ0n) is 19.9. The second-order valence-electron chi connectivity index (χ2n) is 8.39. The first kappa shape index (κ1) is 23.4. The molecule has 5 rings (SSSR count). The molecule has 3 aromatic heterocycles. The maximum absolute atomic E-state index is 12.6. The van der Waals surface area contributed by atoms with Crippen LogP contribution in [-0.4, -0.2) is 64.2 Å². The van der Waals surface area contributed by atoms with Gasteiger partial charge in [0, 0.05) is 31.4 Å². The van der Waals surface area contributed by atoms with Gasteiger partial charge in [0.2, 0.25) is 11.8 Å². The van der Waals surface area contributed by atoms with Gasteiger partial charge in [-0.3, -0.25) is 14.6 Å². The Morgan fingerprint density at radius 2 is 1.92 bits per heavy atom. The molecule has 1 aliphatic heterocycles. The number of aromatic nitrogens is 4. The van der Waals surface area contributed by atoms with E-state index >= 15 is 0 Å². The molecule has 1 fully saturated rings. The molecule has 0 spiro atoms. The van der Waals surface area contributed by atoms with Crippen LogP contribution in [0.5, 0.6) is 5.88 Å². The molecule has 4 aromatic rings. The third-order valence-corrected chi connectivity index (χ3v) is 6.05. The molecule has 1 saturated heterocycles. The number of ether oxygens (including phenoxy) is 2. The van der Waals surface area contributed by atoms with Crippen LogP contribution in [0.25, 0.3) is 22.2 Å². The number of pyridine rings is 2. The van der Waals surface area contributed by atoms with E-state index in [1.54, 1.807) is 18.5 Å². The van der Waals surface area contributed by atoms with Crippen LogP contribution in [0.4, 0.5) is 11.5 Å². The number of hydrogen-bond donors (Lipinski definition) is 2. The summed E-state index contributed by atoms with van der Waals surface area (Å²) < 4.78 is 10.5.